The lowest BCUT2D eigenvalue weighted by Gasteiger charge is -2.36. The first-order chi connectivity index (χ1) is 14.0. The van der Waals surface area contributed by atoms with E-state index in [4.69, 9.17) is 0 Å². The van der Waals surface area contributed by atoms with Gasteiger partial charge in [0.15, 0.2) is 0 Å². The van der Waals surface area contributed by atoms with Crippen LogP contribution in [-0.4, -0.2) is 54.8 Å². The van der Waals surface area contributed by atoms with Crippen molar-refractivity contribution in [2.24, 2.45) is 0 Å². The summed E-state index contributed by atoms with van der Waals surface area (Å²) in [5.41, 5.74) is 3.36. The van der Waals surface area contributed by atoms with Gasteiger partial charge in [-0.2, -0.15) is 0 Å². The number of amides is 2. The molecule has 2 aliphatic heterocycles. The number of carbonyl (C=O) groups is 2. The van der Waals surface area contributed by atoms with Gasteiger partial charge in [0.25, 0.3) is 11.8 Å². The van der Waals surface area contributed by atoms with Crippen molar-refractivity contribution in [3.8, 4) is 0 Å². The van der Waals surface area contributed by atoms with Crippen molar-refractivity contribution in [1.29, 1.82) is 0 Å². The Hall–Kier alpha value is -2.92. The summed E-state index contributed by atoms with van der Waals surface area (Å²) in [6.07, 6.45) is 1.95. The molecule has 0 aromatic heterocycles. The van der Waals surface area contributed by atoms with E-state index in [1.807, 2.05) is 73.5 Å². The van der Waals surface area contributed by atoms with Crippen LogP contribution in [-0.2, 0) is 9.59 Å². The normalized spacial score (nSPS) is 18.7. The number of anilines is 1. The number of imide groups is 1. The number of nitrogens with zero attached hydrogens (tertiary/aromatic N) is 3. The molecule has 0 radical (unpaired) electrons. The van der Waals surface area contributed by atoms with Crippen molar-refractivity contribution in [3.05, 3.63) is 71.4 Å². The molecule has 0 aliphatic carbocycles. The van der Waals surface area contributed by atoms with Gasteiger partial charge in [-0.25, -0.2) is 4.90 Å². The van der Waals surface area contributed by atoms with Gasteiger partial charge in [0.2, 0.25) is 0 Å². The number of hydrogen-bond donors (Lipinski definition) is 0. The number of para-hydroxylation sites is 1. The lowest BCUT2D eigenvalue weighted by molar-refractivity contribution is -0.120. The molecule has 2 aromatic rings. The molecule has 2 amide bonds. The van der Waals surface area contributed by atoms with E-state index in [1.165, 1.54) is 4.90 Å². The second-order valence-electron chi connectivity index (χ2n) is 7.97. The molecule has 5 nitrogen and oxygen atoms in total. The van der Waals surface area contributed by atoms with E-state index in [2.05, 4.69) is 11.9 Å². The Balaban J connectivity index is 1.79. The van der Waals surface area contributed by atoms with Crippen molar-refractivity contribution in [2.75, 3.05) is 32.1 Å². The van der Waals surface area contributed by atoms with Gasteiger partial charge >= 0.3 is 0 Å². The summed E-state index contributed by atoms with van der Waals surface area (Å²) in [7, 11) is 4.08. The molecule has 2 aliphatic rings. The molecule has 0 spiro atoms. The van der Waals surface area contributed by atoms with Crippen LogP contribution in [0, 0.1) is 6.92 Å². The highest BCUT2D eigenvalue weighted by Gasteiger charge is 2.43. The zero-order chi connectivity index (χ0) is 20.5. The summed E-state index contributed by atoms with van der Waals surface area (Å²) in [6.45, 7) is 3.91. The zero-order valence-electron chi connectivity index (χ0n) is 17.3. The molecule has 0 unspecified atom stereocenters. The molecule has 1 saturated heterocycles. The average molecular weight is 389 g/mol. The number of likely N-dealkylation sites (N-methyl/N-ethyl adjacent to an activating group) is 1. The molecule has 0 atom stereocenters. The second kappa shape index (κ2) is 7.84. The molecule has 4 rings (SSSR count). The fourth-order valence-electron chi connectivity index (χ4n) is 4.31. The van der Waals surface area contributed by atoms with Gasteiger partial charge in [-0.15, -0.1) is 0 Å². The Kier molecular flexibility index (Phi) is 5.24. The van der Waals surface area contributed by atoms with Crippen LogP contribution in [0.4, 0.5) is 5.69 Å². The number of rotatable bonds is 4. The van der Waals surface area contributed by atoms with Gasteiger partial charge in [-0.3, -0.25) is 9.59 Å². The third-order valence-corrected chi connectivity index (χ3v) is 6.07. The first-order valence-electron chi connectivity index (χ1n) is 10.1. The highest BCUT2D eigenvalue weighted by Crippen LogP contribution is 2.37. The van der Waals surface area contributed by atoms with E-state index >= 15 is 0 Å². The monoisotopic (exact) mass is 389 g/mol. The molecule has 2 aromatic carbocycles. The van der Waals surface area contributed by atoms with Crippen molar-refractivity contribution < 1.29 is 9.59 Å². The molecule has 150 valence electrons. The molecule has 0 bridgehead atoms. The maximum Gasteiger partial charge on any atom is 0.282 e. The minimum atomic E-state index is -0.245. The highest BCUT2D eigenvalue weighted by atomic mass is 16.2. The number of aryl methyl sites for hydroxylation is 1. The minimum Gasteiger partial charge on any atom is -0.366 e. The lowest BCUT2D eigenvalue weighted by Crippen LogP contribution is -2.43. The van der Waals surface area contributed by atoms with Crippen LogP contribution in [0.5, 0.6) is 0 Å². The van der Waals surface area contributed by atoms with Gasteiger partial charge in [-0.05, 0) is 57.1 Å². The van der Waals surface area contributed by atoms with Crippen LogP contribution >= 0.6 is 0 Å². The van der Waals surface area contributed by atoms with E-state index < -0.39 is 0 Å². The van der Waals surface area contributed by atoms with E-state index in [1.54, 1.807) is 0 Å². The molecule has 5 heteroatoms. The van der Waals surface area contributed by atoms with Crippen LogP contribution in [0.2, 0.25) is 0 Å². The van der Waals surface area contributed by atoms with Gasteiger partial charge < -0.3 is 9.80 Å². The van der Waals surface area contributed by atoms with Crippen molar-refractivity contribution in [1.82, 2.24) is 9.80 Å². The van der Waals surface area contributed by atoms with E-state index in [0.29, 0.717) is 17.0 Å². The number of benzene rings is 2. The molecule has 1 fully saturated rings. The summed E-state index contributed by atoms with van der Waals surface area (Å²) < 4.78 is 0. The van der Waals surface area contributed by atoms with Gasteiger partial charge in [0.1, 0.15) is 5.70 Å². The molecular weight excluding hydrogens is 362 g/mol. The Bertz CT molecular complexity index is 959. The summed E-state index contributed by atoms with van der Waals surface area (Å²) in [5, 5.41) is 0. The molecule has 2 heterocycles. The standard InChI is InChI=1S/C24H27N3O2/c1-17-9-7-8-12-20(17)27-23(28)21(18-10-5-4-6-11-18)22(24(27)29)26(3)19-13-15-25(2)16-14-19/h4-12,19H,13-16H2,1-3H3. The van der Waals surface area contributed by atoms with Crippen molar-refractivity contribution in [3.63, 3.8) is 0 Å². The quantitative estimate of drug-likeness (QED) is 0.753. The summed E-state index contributed by atoms with van der Waals surface area (Å²) in [6, 6.07) is 17.3. The Morgan fingerprint density at radius 3 is 2.17 bits per heavy atom. The summed E-state index contributed by atoms with van der Waals surface area (Å²) in [4.78, 5) is 32.8. The largest absolute Gasteiger partial charge is 0.366 e. The third-order valence-electron chi connectivity index (χ3n) is 6.07. The summed E-state index contributed by atoms with van der Waals surface area (Å²) >= 11 is 0. The van der Waals surface area contributed by atoms with Gasteiger partial charge in [0, 0.05) is 13.1 Å². The summed E-state index contributed by atoms with van der Waals surface area (Å²) in [5.74, 6) is -0.477. The number of likely N-dealkylation sites (tertiary alicyclic amines) is 1. The van der Waals surface area contributed by atoms with E-state index in [0.717, 1.165) is 37.1 Å². The fourth-order valence-corrected chi connectivity index (χ4v) is 4.31. The van der Waals surface area contributed by atoms with E-state index in [9.17, 15) is 9.59 Å². The minimum absolute atomic E-state index is 0.232. The number of piperidine rings is 1. The van der Waals surface area contributed by atoms with Crippen molar-refractivity contribution in [2.45, 2.75) is 25.8 Å². The smallest absolute Gasteiger partial charge is 0.282 e. The maximum absolute atomic E-state index is 13.6. The van der Waals surface area contributed by atoms with Crippen LogP contribution in [0.1, 0.15) is 24.0 Å². The van der Waals surface area contributed by atoms with Crippen molar-refractivity contribution >= 4 is 23.1 Å². The number of carbonyl (C=O) groups excluding carboxylic acids is 2. The van der Waals surface area contributed by atoms with Crippen LogP contribution in [0.3, 0.4) is 0 Å². The van der Waals surface area contributed by atoms with Gasteiger partial charge in [-0.1, -0.05) is 48.5 Å². The fraction of sp³-hybridized carbons (Fsp3) is 0.333. The average Bonchev–Trinajstić information content (AvgIpc) is 2.99. The predicted octanol–water partition coefficient (Wildman–Crippen LogP) is 3.31. The number of hydrogen-bond acceptors (Lipinski definition) is 4. The van der Waals surface area contributed by atoms with Crippen LogP contribution in [0.25, 0.3) is 5.57 Å². The third kappa shape index (κ3) is 3.47. The molecule has 0 N–H and O–H groups in total. The predicted molar refractivity (Wildman–Crippen MR) is 115 cm³/mol. The molecule has 29 heavy (non-hydrogen) atoms. The van der Waals surface area contributed by atoms with E-state index in [-0.39, 0.29) is 17.9 Å². The highest BCUT2D eigenvalue weighted by molar-refractivity contribution is 6.45. The Morgan fingerprint density at radius 2 is 1.52 bits per heavy atom. The topological polar surface area (TPSA) is 43.9 Å². The molecule has 0 saturated carbocycles. The second-order valence-corrected chi connectivity index (χ2v) is 7.97. The SMILES string of the molecule is Cc1ccccc1N1C(=O)C(c2ccccc2)=C(N(C)C2CCN(C)CC2)C1=O. The molecular formula is C24H27N3O2. The first-order valence-corrected chi connectivity index (χ1v) is 10.1. The van der Waals surface area contributed by atoms with Gasteiger partial charge in [0.05, 0.1) is 11.3 Å². The first kappa shape index (κ1) is 19.4. The Labute approximate surface area is 172 Å². The maximum atomic E-state index is 13.6. The lowest BCUT2D eigenvalue weighted by atomic mass is 10.0. The van der Waals surface area contributed by atoms with Crippen LogP contribution < -0.4 is 4.90 Å². The van der Waals surface area contributed by atoms with Crippen LogP contribution in [0.15, 0.2) is 60.3 Å². The Morgan fingerprint density at radius 1 is 0.897 bits per heavy atom. The zero-order valence-corrected chi connectivity index (χ0v) is 17.3.